The van der Waals surface area contributed by atoms with Gasteiger partial charge < -0.3 is 5.32 Å². The molecule has 0 atom stereocenters. The lowest BCUT2D eigenvalue weighted by Crippen LogP contribution is -2.25. The van der Waals surface area contributed by atoms with Crippen LogP contribution in [0, 0.1) is 0 Å². The van der Waals surface area contributed by atoms with Crippen molar-refractivity contribution in [3.05, 3.63) is 71.3 Å². The van der Waals surface area contributed by atoms with Gasteiger partial charge >= 0.3 is 6.18 Å². The van der Waals surface area contributed by atoms with Crippen LogP contribution in [-0.4, -0.2) is 12.5 Å². The van der Waals surface area contributed by atoms with E-state index < -0.39 is 11.7 Å². The predicted octanol–water partition coefficient (Wildman–Crippen LogP) is 3.68. The average molecular weight is 293 g/mol. The number of amides is 1. The molecule has 5 heteroatoms. The van der Waals surface area contributed by atoms with Gasteiger partial charge in [0.15, 0.2) is 0 Å². The van der Waals surface area contributed by atoms with Crippen molar-refractivity contribution in [2.24, 2.45) is 0 Å². The summed E-state index contributed by atoms with van der Waals surface area (Å²) in [6.45, 7) is 0.287. The normalized spacial score (nSPS) is 11.2. The van der Waals surface area contributed by atoms with Crippen LogP contribution in [0.3, 0.4) is 0 Å². The molecule has 0 fully saturated rings. The molecule has 0 spiro atoms. The van der Waals surface area contributed by atoms with Crippen molar-refractivity contribution in [2.75, 3.05) is 6.54 Å². The zero-order valence-electron chi connectivity index (χ0n) is 11.2. The van der Waals surface area contributed by atoms with E-state index in [-0.39, 0.29) is 12.5 Å². The monoisotopic (exact) mass is 293 g/mol. The van der Waals surface area contributed by atoms with Crippen LogP contribution in [0.25, 0.3) is 0 Å². The minimum absolute atomic E-state index is 0.234. The molecule has 0 saturated heterocycles. The molecular formula is C16H14F3NO. The van der Waals surface area contributed by atoms with E-state index in [1.807, 2.05) is 0 Å². The Bertz CT molecular complexity index is 608. The Morgan fingerprint density at radius 2 is 1.71 bits per heavy atom. The maximum atomic E-state index is 12.6. The highest BCUT2D eigenvalue weighted by Gasteiger charge is 2.30. The predicted molar refractivity (Wildman–Crippen MR) is 73.9 cm³/mol. The maximum absolute atomic E-state index is 12.6. The van der Waals surface area contributed by atoms with Crippen molar-refractivity contribution >= 4 is 5.91 Å². The first kappa shape index (κ1) is 15.1. The van der Waals surface area contributed by atoms with Crippen LogP contribution in [0.2, 0.25) is 0 Å². The van der Waals surface area contributed by atoms with Gasteiger partial charge in [0, 0.05) is 12.1 Å². The summed E-state index contributed by atoms with van der Waals surface area (Å²) < 4.78 is 37.7. The Hall–Kier alpha value is -2.30. The quantitative estimate of drug-likeness (QED) is 0.915. The van der Waals surface area contributed by atoms with E-state index in [1.54, 1.807) is 36.4 Å². The number of hydrogen-bond acceptors (Lipinski definition) is 1. The molecule has 0 aliphatic heterocycles. The summed E-state index contributed by atoms with van der Waals surface area (Å²) in [4.78, 5) is 11.8. The summed E-state index contributed by atoms with van der Waals surface area (Å²) in [7, 11) is 0. The Balaban J connectivity index is 1.91. The van der Waals surface area contributed by atoms with Crippen molar-refractivity contribution in [2.45, 2.75) is 12.6 Å². The van der Waals surface area contributed by atoms with Crippen molar-refractivity contribution in [3.8, 4) is 0 Å². The molecule has 2 nitrogen and oxygen atoms in total. The topological polar surface area (TPSA) is 29.1 Å². The van der Waals surface area contributed by atoms with Crippen molar-refractivity contribution in [1.82, 2.24) is 5.32 Å². The highest BCUT2D eigenvalue weighted by atomic mass is 19.4. The second-order valence-corrected chi connectivity index (χ2v) is 4.57. The Kier molecular flexibility index (Phi) is 4.62. The van der Waals surface area contributed by atoms with Crippen LogP contribution in [0.4, 0.5) is 13.2 Å². The Morgan fingerprint density at radius 3 is 2.38 bits per heavy atom. The molecule has 21 heavy (non-hydrogen) atoms. The van der Waals surface area contributed by atoms with Crippen LogP contribution in [0.1, 0.15) is 21.5 Å². The van der Waals surface area contributed by atoms with Gasteiger partial charge in [0.2, 0.25) is 0 Å². The number of halogens is 3. The second-order valence-electron chi connectivity index (χ2n) is 4.57. The van der Waals surface area contributed by atoms with Gasteiger partial charge in [0.05, 0.1) is 5.56 Å². The van der Waals surface area contributed by atoms with Crippen LogP contribution in [-0.2, 0) is 12.6 Å². The fourth-order valence-corrected chi connectivity index (χ4v) is 1.92. The number of carbonyl (C=O) groups excluding carboxylic acids is 1. The third-order valence-electron chi connectivity index (χ3n) is 2.99. The van der Waals surface area contributed by atoms with Gasteiger partial charge in [-0.2, -0.15) is 13.2 Å². The lowest BCUT2D eigenvalue weighted by molar-refractivity contribution is -0.137. The summed E-state index contributed by atoms with van der Waals surface area (Å²) in [6, 6.07) is 13.8. The third-order valence-corrected chi connectivity index (χ3v) is 2.99. The standard InChI is InChI=1S/C16H14F3NO/c17-16(18,19)14-8-4-5-12(11-14)9-10-20-15(21)13-6-2-1-3-7-13/h1-8,11H,9-10H2,(H,20,21). The molecule has 1 N–H and O–H groups in total. The molecule has 0 aliphatic carbocycles. The van der Waals surface area contributed by atoms with Gasteiger partial charge in [0.1, 0.15) is 0 Å². The molecule has 110 valence electrons. The van der Waals surface area contributed by atoms with Crippen LogP contribution in [0.5, 0.6) is 0 Å². The highest BCUT2D eigenvalue weighted by Crippen LogP contribution is 2.29. The SMILES string of the molecule is O=C(NCCc1cccc(C(F)(F)F)c1)c1ccccc1. The molecule has 0 aliphatic rings. The lowest BCUT2D eigenvalue weighted by atomic mass is 10.1. The molecule has 1 amide bonds. The zero-order chi connectivity index (χ0) is 15.3. The number of carbonyl (C=O) groups is 1. The first-order valence-corrected chi connectivity index (χ1v) is 6.46. The smallest absolute Gasteiger partial charge is 0.352 e. The largest absolute Gasteiger partial charge is 0.416 e. The lowest BCUT2D eigenvalue weighted by Gasteiger charge is -2.09. The van der Waals surface area contributed by atoms with E-state index in [1.165, 1.54) is 6.07 Å². The maximum Gasteiger partial charge on any atom is 0.416 e. The number of rotatable bonds is 4. The summed E-state index contributed by atoms with van der Waals surface area (Å²) >= 11 is 0. The Labute approximate surface area is 120 Å². The van der Waals surface area contributed by atoms with Gasteiger partial charge in [-0.3, -0.25) is 4.79 Å². The molecule has 0 radical (unpaired) electrons. The fourth-order valence-electron chi connectivity index (χ4n) is 1.92. The molecule has 0 saturated carbocycles. The summed E-state index contributed by atoms with van der Waals surface area (Å²) in [5.74, 6) is -0.234. The van der Waals surface area contributed by atoms with E-state index in [2.05, 4.69) is 5.32 Å². The number of alkyl halides is 3. The van der Waals surface area contributed by atoms with Crippen LogP contribution in [0.15, 0.2) is 54.6 Å². The fraction of sp³-hybridized carbons (Fsp3) is 0.188. The van der Waals surface area contributed by atoms with Gasteiger partial charge in [-0.25, -0.2) is 0 Å². The van der Waals surface area contributed by atoms with Gasteiger partial charge in [-0.15, -0.1) is 0 Å². The van der Waals surface area contributed by atoms with Crippen molar-refractivity contribution in [3.63, 3.8) is 0 Å². The van der Waals surface area contributed by atoms with Gasteiger partial charge in [0.25, 0.3) is 5.91 Å². The van der Waals surface area contributed by atoms with E-state index in [0.717, 1.165) is 12.1 Å². The molecule has 0 heterocycles. The average Bonchev–Trinajstić information content (AvgIpc) is 2.47. The van der Waals surface area contributed by atoms with Gasteiger partial charge in [-0.1, -0.05) is 36.4 Å². The molecule has 0 unspecified atom stereocenters. The second kappa shape index (κ2) is 6.43. The summed E-state index contributed by atoms with van der Waals surface area (Å²) in [6.07, 6.45) is -3.99. The molecule has 2 rings (SSSR count). The van der Waals surface area contributed by atoms with Crippen LogP contribution < -0.4 is 5.32 Å². The number of nitrogens with one attached hydrogen (secondary N) is 1. The summed E-state index contributed by atoms with van der Waals surface area (Å²) in [5.41, 5.74) is 0.397. The first-order valence-electron chi connectivity index (χ1n) is 6.46. The molecule has 2 aromatic carbocycles. The minimum Gasteiger partial charge on any atom is -0.352 e. The summed E-state index contributed by atoms with van der Waals surface area (Å²) in [5, 5.41) is 2.69. The molecular weight excluding hydrogens is 279 g/mol. The zero-order valence-corrected chi connectivity index (χ0v) is 11.2. The van der Waals surface area contributed by atoms with E-state index in [4.69, 9.17) is 0 Å². The van der Waals surface area contributed by atoms with E-state index >= 15 is 0 Å². The van der Waals surface area contributed by atoms with Crippen molar-refractivity contribution < 1.29 is 18.0 Å². The number of benzene rings is 2. The molecule has 2 aromatic rings. The number of hydrogen-bond donors (Lipinski definition) is 1. The minimum atomic E-state index is -4.34. The highest BCUT2D eigenvalue weighted by molar-refractivity contribution is 5.94. The van der Waals surface area contributed by atoms with Gasteiger partial charge in [-0.05, 0) is 30.2 Å². The Morgan fingerprint density at radius 1 is 1.00 bits per heavy atom. The van der Waals surface area contributed by atoms with E-state index in [9.17, 15) is 18.0 Å². The first-order chi connectivity index (χ1) is 9.97. The molecule has 0 bridgehead atoms. The van der Waals surface area contributed by atoms with E-state index in [0.29, 0.717) is 17.5 Å². The van der Waals surface area contributed by atoms with Crippen molar-refractivity contribution in [1.29, 1.82) is 0 Å². The third kappa shape index (κ3) is 4.34. The molecule has 0 aromatic heterocycles. The van der Waals surface area contributed by atoms with Crippen LogP contribution >= 0.6 is 0 Å².